The first-order valence-corrected chi connectivity index (χ1v) is 4.70. The van der Waals surface area contributed by atoms with E-state index in [0.717, 1.165) is 0 Å². The topological polar surface area (TPSA) is 20.3 Å². The van der Waals surface area contributed by atoms with Crippen molar-refractivity contribution >= 4 is 5.91 Å². The number of hydrogen-bond acceptors (Lipinski definition) is 1. The molecule has 0 radical (unpaired) electrons. The van der Waals surface area contributed by atoms with Crippen LogP contribution in [0.25, 0.3) is 0 Å². The Morgan fingerprint density at radius 3 is 1.92 bits per heavy atom. The number of rotatable bonds is 0. The summed E-state index contributed by atoms with van der Waals surface area (Å²) in [7, 11) is 0. The molecule has 0 aromatic heterocycles. The van der Waals surface area contributed by atoms with Crippen molar-refractivity contribution in [3.05, 3.63) is 11.6 Å². The maximum atomic E-state index is 11.5. The minimum absolute atomic E-state index is 0.130. The molecule has 1 aliphatic rings. The van der Waals surface area contributed by atoms with Gasteiger partial charge in [0.1, 0.15) is 0 Å². The lowest BCUT2D eigenvalue weighted by Gasteiger charge is -2.41. The van der Waals surface area contributed by atoms with Gasteiger partial charge in [-0.3, -0.25) is 4.79 Å². The fourth-order valence-corrected chi connectivity index (χ4v) is 2.47. The second-order valence-electron chi connectivity index (χ2n) is 4.89. The number of hydrogen-bond donors (Lipinski definition) is 0. The van der Waals surface area contributed by atoms with Crippen LogP contribution in [-0.2, 0) is 4.79 Å². The van der Waals surface area contributed by atoms with Crippen molar-refractivity contribution in [2.75, 3.05) is 0 Å². The molecule has 0 aromatic rings. The van der Waals surface area contributed by atoms with E-state index in [1.54, 1.807) is 6.92 Å². The minimum atomic E-state index is -0.139. The molecule has 0 atom stereocenters. The molecule has 0 unspecified atom stereocenters. The van der Waals surface area contributed by atoms with Gasteiger partial charge < -0.3 is 4.90 Å². The Balaban J connectivity index is 3.16. The Hall–Kier alpha value is -0.790. The molecule has 0 fully saturated rings. The normalized spacial score (nSPS) is 24.5. The Kier molecular flexibility index (Phi) is 2.06. The molecular weight excluding hydrogens is 162 g/mol. The SMILES string of the molecule is CC(=O)N1C(C)(C)C=C(C)C1(C)C. The van der Waals surface area contributed by atoms with E-state index < -0.39 is 0 Å². The van der Waals surface area contributed by atoms with Crippen molar-refractivity contribution in [3.63, 3.8) is 0 Å². The zero-order valence-corrected chi connectivity index (χ0v) is 9.43. The van der Waals surface area contributed by atoms with Crippen LogP contribution < -0.4 is 0 Å². The van der Waals surface area contributed by atoms with E-state index in [1.165, 1.54) is 5.57 Å². The molecule has 1 amide bonds. The Morgan fingerprint density at radius 1 is 1.31 bits per heavy atom. The summed E-state index contributed by atoms with van der Waals surface area (Å²) in [4.78, 5) is 13.5. The zero-order valence-electron chi connectivity index (χ0n) is 9.43. The molecule has 2 nitrogen and oxygen atoms in total. The van der Waals surface area contributed by atoms with Crippen LogP contribution in [0.3, 0.4) is 0 Å². The van der Waals surface area contributed by atoms with Crippen LogP contribution in [0.1, 0.15) is 41.5 Å². The van der Waals surface area contributed by atoms with Crippen molar-refractivity contribution in [2.24, 2.45) is 0 Å². The van der Waals surface area contributed by atoms with Gasteiger partial charge in [-0.1, -0.05) is 11.6 Å². The fourth-order valence-electron chi connectivity index (χ4n) is 2.47. The molecule has 0 aromatic carbocycles. The summed E-state index contributed by atoms with van der Waals surface area (Å²) in [6.07, 6.45) is 2.17. The molecular formula is C11H19NO. The van der Waals surface area contributed by atoms with E-state index in [4.69, 9.17) is 0 Å². The summed E-state index contributed by atoms with van der Waals surface area (Å²) in [6, 6.07) is 0. The predicted octanol–water partition coefficient (Wildman–Crippen LogP) is 2.35. The quantitative estimate of drug-likeness (QED) is 0.525. The second-order valence-corrected chi connectivity index (χ2v) is 4.89. The molecule has 0 N–H and O–H groups in total. The van der Waals surface area contributed by atoms with E-state index in [1.807, 2.05) is 4.90 Å². The second kappa shape index (κ2) is 2.60. The van der Waals surface area contributed by atoms with E-state index in [-0.39, 0.29) is 17.0 Å². The van der Waals surface area contributed by atoms with Crippen molar-refractivity contribution in [1.82, 2.24) is 4.90 Å². The van der Waals surface area contributed by atoms with Crippen LogP contribution in [0.4, 0.5) is 0 Å². The standard InChI is InChI=1S/C11H19NO/c1-8-7-10(3,4)12(9(2)13)11(8,5)6/h7H,1-6H3. The largest absolute Gasteiger partial charge is 0.326 e. The predicted molar refractivity (Wildman–Crippen MR) is 54.4 cm³/mol. The van der Waals surface area contributed by atoms with Gasteiger partial charge in [0, 0.05) is 6.92 Å². The first-order valence-electron chi connectivity index (χ1n) is 4.70. The monoisotopic (exact) mass is 181 g/mol. The summed E-state index contributed by atoms with van der Waals surface area (Å²) in [6.45, 7) is 12.1. The minimum Gasteiger partial charge on any atom is -0.326 e. The van der Waals surface area contributed by atoms with Gasteiger partial charge in [-0.2, -0.15) is 0 Å². The third kappa shape index (κ3) is 1.38. The fraction of sp³-hybridized carbons (Fsp3) is 0.727. The number of carbonyl (C=O) groups excluding carboxylic acids is 1. The zero-order chi connectivity index (χ0) is 10.4. The van der Waals surface area contributed by atoms with Gasteiger partial charge in [0.15, 0.2) is 0 Å². The van der Waals surface area contributed by atoms with Gasteiger partial charge in [-0.05, 0) is 34.6 Å². The third-order valence-electron chi connectivity index (χ3n) is 2.98. The molecule has 2 heteroatoms. The smallest absolute Gasteiger partial charge is 0.220 e. The molecule has 13 heavy (non-hydrogen) atoms. The highest BCUT2D eigenvalue weighted by Crippen LogP contribution is 2.39. The molecule has 0 spiro atoms. The molecule has 0 saturated carbocycles. The Morgan fingerprint density at radius 2 is 1.77 bits per heavy atom. The summed E-state index contributed by atoms with van der Waals surface area (Å²) < 4.78 is 0. The lowest BCUT2D eigenvalue weighted by molar-refractivity contribution is -0.136. The van der Waals surface area contributed by atoms with Crippen LogP contribution in [0.5, 0.6) is 0 Å². The van der Waals surface area contributed by atoms with Crippen LogP contribution in [-0.4, -0.2) is 21.9 Å². The third-order valence-corrected chi connectivity index (χ3v) is 2.98. The lowest BCUT2D eigenvalue weighted by Crippen LogP contribution is -2.52. The average Bonchev–Trinajstić information content (AvgIpc) is 1.96. The molecule has 0 bridgehead atoms. The molecule has 1 aliphatic heterocycles. The van der Waals surface area contributed by atoms with Crippen LogP contribution in [0, 0.1) is 0 Å². The van der Waals surface area contributed by atoms with Crippen molar-refractivity contribution in [1.29, 1.82) is 0 Å². The summed E-state index contributed by atoms with van der Waals surface area (Å²) in [5.74, 6) is 0.142. The van der Waals surface area contributed by atoms with E-state index in [9.17, 15) is 4.79 Å². The number of nitrogens with zero attached hydrogens (tertiary/aromatic N) is 1. The lowest BCUT2D eigenvalue weighted by atomic mass is 9.97. The van der Waals surface area contributed by atoms with Crippen LogP contribution in [0.15, 0.2) is 11.6 Å². The first kappa shape index (κ1) is 10.3. The van der Waals surface area contributed by atoms with Gasteiger partial charge >= 0.3 is 0 Å². The van der Waals surface area contributed by atoms with E-state index in [2.05, 4.69) is 40.7 Å². The maximum Gasteiger partial charge on any atom is 0.220 e. The van der Waals surface area contributed by atoms with E-state index in [0.29, 0.717) is 0 Å². The van der Waals surface area contributed by atoms with Crippen LogP contribution >= 0.6 is 0 Å². The van der Waals surface area contributed by atoms with Crippen molar-refractivity contribution in [3.8, 4) is 0 Å². The summed E-state index contributed by atoms with van der Waals surface area (Å²) >= 11 is 0. The molecule has 74 valence electrons. The first-order chi connectivity index (χ1) is 5.69. The van der Waals surface area contributed by atoms with Gasteiger partial charge in [0.2, 0.25) is 5.91 Å². The van der Waals surface area contributed by atoms with Crippen LogP contribution in [0.2, 0.25) is 0 Å². The number of carbonyl (C=O) groups is 1. The van der Waals surface area contributed by atoms with Gasteiger partial charge in [0.05, 0.1) is 11.1 Å². The Labute approximate surface area is 80.6 Å². The van der Waals surface area contributed by atoms with Gasteiger partial charge in [0.25, 0.3) is 0 Å². The van der Waals surface area contributed by atoms with Crippen molar-refractivity contribution < 1.29 is 4.79 Å². The number of amides is 1. The average molecular weight is 181 g/mol. The Bertz CT molecular complexity index is 274. The summed E-state index contributed by atoms with van der Waals surface area (Å²) in [5.41, 5.74) is 1.00. The highest BCUT2D eigenvalue weighted by atomic mass is 16.2. The van der Waals surface area contributed by atoms with Crippen molar-refractivity contribution in [2.45, 2.75) is 52.6 Å². The van der Waals surface area contributed by atoms with Gasteiger partial charge in [-0.15, -0.1) is 0 Å². The molecule has 1 rings (SSSR count). The molecule has 0 saturated heterocycles. The highest BCUT2D eigenvalue weighted by molar-refractivity contribution is 5.77. The van der Waals surface area contributed by atoms with Gasteiger partial charge in [-0.25, -0.2) is 0 Å². The highest BCUT2D eigenvalue weighted by Gasteiger charge is 2.44. The molecule has 0 aliphatic carbocycles. The van der Waals surface area contributed by atoms with E-state index >= 15 is 0 Å². The molecule has 1 heterocycles. The summed E-state index contributed by atoms with van der Waals surface area (Å²) in [5, 5.41) is 0. The maximum absolute atomic E-state index is 11.5.